The van der Waals surface area contributed by atoms with Gasteiger partial charge in [-0.15, -0.1) is 0 Å². The minimum atomic E-state index is -3.18. The zero-order valence-corrected chi connectivity index (χ0v) is 15.0. The zero-order valence-electron chi connectivity index (χ0n) is 14.0. The van der Waals surface area contributed by atoms with Gasteiger partial charge in [-0.1, -0.05) is 39.0 Å². The summed E-state index contributed by atoms with van der Waals surface area (Å²) in [6.45, 7) is 9.72. The van der Waals surface area contributed by atoms with Gasteiger partial charge in [-0.2, -0.15) is 8.78 Å². The molecule has 5 heteroatoms. The van der Waals surface area contributed by atoms with Gasteiger partial charge in [0.1, 0.15) is 6.61 Å². The van der Waals surface area contributed by atoms with Crippen LogP contribution in [0.25, 0.3) is 0 Å². The first-order valence-electron chi connectivity index (χ1n) is 7.78. The lowest BCUT2D eigenvalue weighted by Gasteiger charge is -2.38. The standard InChI is InChI=1S/C17H26F2O2Si/c1-16(2,3)22(4,5)21-15-10-9-12-13(15)7-6-8-14(12)17(18,19)11-20/h6-8,15,20H,9-11H2,1-5H3/t15-/m0/s1. The van der Waals surface area contributed by atoms with Crippen LogP contribution in [-0.2, 0) is 16.8 Å². The lowest BCUT2D eigenvalue weighted by atomic mass is 9.98. The number of alkyl halides is 2. The Hall–Kier alpha value is -0.783. The predicted octanol–water partition coefficient (Wildman–Crippen LogP) is 4.78. The monoisotopic (exact) mass is 328 g/mol. The van der Waals surface area contributed by atoms with E-state index in [2.05, 4.69) is 33.9 Å². The van der Waals surface area contributed by atoms with Gasteiger partial charge in [0.2, 0.25) is 0 Å². The Labute approximate surface area is 132 Å². The van der Waals surface area contributed by atoms with Gasteiger partial charge in [0.05, 0.1) is 6.10 Å². The number of benzene rings is 1. The van der Waals surface area contributed by atoms with Crippen molar-refractivity contribution in [3.8, 4) is 0 Å². The summed E-state index contributed by atoms with van der Waals surface area (Å²) in [5.41, 5.74) is 1.48. The van der Waals surface area contributed by atoms with Crippen LogP contribution in [0.15, 0.2) is 18.2 Å². The molecule has 0 bridgehead atoms. The molecule has 1 aliphatic rings. The van der Waals surface area contributed by atoms with Gasteiger partial charge < -0.3 is 9.53 Å². The summed E-state index contributed by atoms with van der Waals surface area (Å²) in [6, 6.07) is 4.95. The number of aliphatic hydroxyl groups is 1. The maximum atomic E-state index is 13.9. The van der Waals surface area contributed by atoms with E-state index < -0.39 is 20.8 Å². The molecular weight excluding hydrogens is 302 g/mol. The molecule has 1 N–H and O–H groups in total. The molecule has 0 aliphatic heterocycles. The number of aliphatic hydroxyl groups excluding tert-OH is 1. The summed E-state index contributed by atoms with van der Waals surface area (Å²) >= 11 is 0. The van der Waals surface area contributed by atoms with Crippen LogP contribution in [0.5, 0.6) is 0 Å². The molecular formula is C17H26F2O2Si. The second kappa shape index (κ2) is 5.69. The Bertz CT molecular complexity index is 550. The van der Waals surface area contributed by atoms with Crippen LogP contribution in [0.2, 0.25) is 18.1 Å². The smallest absolute Gasteiger partial charge is 0.296 e. The summed E-state index contributed by atoms with van der Waals surface area (Å²) in [5.74, 6) is -3.18. The van der Waals surface area contributed by atoms with Crippen LogP contribution >= 0.6 is 0 Å². The molecule has 22 heavy (non-hydrogen) atoms. The molecule has 0 fully saturated rings. The lowest BCUT2D eigenvalue weighted by Crippen LogP contribution is -2.41. The summed E-state index contributed by atoms with van der Waals surface area (Å²) in [7, 11) is -1.95. The van der Waals surface area contributed by atoms with Crippen molar-refractivity contribution in [3.05, 3.63) is 34.9 Å². The molecule has 0 radical (unpaired) electrons. The Morgan fingerprint density at radius 1 is 1.27 bits per heavy atom. The fourth-order valence-electron chi connectivity index (χ4n) is 2.70. The van der Waals surface area contributed by atoms with E-state index in [9.17, 15) is 8.78 Å². The van der Waals surface area contributed by atoms with Crippen molar-refractivity contribution in [2.24, 2.45) is 0 Å². The maximum absolute atomic E-state index is 13.9. The molecule has 0 aromatic heterocycles. The molecule has 0 spiro atoms. The Morgan fingerprint density at radius 2 is 1.91 bits per heavy atom. The second-order valence-corrected chi connectivity index (χ2v) is 12.4. The van der Waals surface area contributed by atoms with Crippen LogP contribution < -0.4 is 0 Å². The summed E-state index contributed by atoms with van der Waals surface area (Å²) in [5, 5.41) is 9.05. The zero-order chi connectivity index (χ0) is 16.8. The normalized spacial score (nSPS) is 19.4. The topological polar surface area (TPSA) is 29.5 Å². The summed E-state index contributed by atoms with van der Waals surface area (Å²) in [6.07, 6.45) is 1.21. The molecule has 124 valence electrons. The fraction of sp³-hybridized carbons (Fsp3) is 0.647. The largest absolute Gasteiger partial charge is 0.410 e. The van der Waals surface area contributed by atoms with Crippen LogP contribution in [0.4, 0.5) is 8.78 Å². The van der Waals surface area contributed by atoms with E-state index in [1.807, 2.05) is 6.07 Å². The first-order valence-corrected chi connectivity index (χ1v) is 10.7. The van der Waals surface area contributed by atoms with Gasteiger partial charge in [0, 0.05) is 5.56 Å². The molecule has 1 aliphatic carbocycles. The number of hydrogen-bond donors (Lipinski definition) is 1. The summed E-state index contributed by atoms with van der Waals surface area (Å²) < 4.78 is 34.2. The highest BCUT2D eigenvalue weighted by molar-refractivity contribution is 6.74. The second-order valence-electron chi connectivity index (χ2n) is 7.64. The molecule has 1 atom stereocenters. The molecule has 0 saturated heterocycles. The van der Waals surface area contributed by atoms with Crippen molar-refractivity contribution in [2.45, 2.75) is 63.8 Å². The fourth-order valence-corrected chi connectivity index (χ4v) is 4.01. The Balaban J connectivity index is 2.33. The van der Waals surface area contributed by atoms with Crippen LogP contribution in [0, 0.1) is 0 Å². The molecule has 1 aromatic carbocycles. The first kappa shape index (κ1) is 17.6. The van der Waals surface area contributed by atoms with Crippen molar-refractivity contribution < 1.29 is 18.3 Å². The molecule has 0 heterocycles. The first-order chi connectivity index (χ1) is 9.99. The lowest BCUT2D eigenvalue weighted by molar-refractivity contribution is -0.0562. The Morgan fingerprint density at radius 3 is 2.45 bits per heavy atom. The van der Waals surface area contributed by atoms with Gasteiger partial charge in [-0.25, -0.2) is 0 Å². The highest BCUT2D eigenvalue weighted by Gasteiger charge is 2.42. The SMILES string of the molecule is CC(C)(C)[Si](C)(C)O[C@H]1CCc2c1cccc2C(F)(F)CO. The van der Waals surface area contributed by atoms with Crippen molar-refractivity contribution in [1.82, 2.24) is 0 Å². The summed E-state index contributed by atoms with van der Waals surface area (Å²) in [4.78, 5) is 0. The van der Waals surface area contributed by atoms with E-state index >= 15 is 0 Å². The van der Waals surface area contributed by atoms with E-state index in [-0.39, 0.29) is 16.7 Å². The van der Waals surface area contributed by atoms with E-state index in [0.29, 0.717) is 12.0 Å². The Kier molecular flexibility index (Phi) is 4.55. The van der Waals surface area contributed by atoms with Crippen molar-refractivity contribution >= 4 is 8.32 Å². The van der Waals surface area contributed by atoms with E-state index in [0.717, 1.165) is 12.0 Å². The van der Waals surface area contributed by atoms with E-state index in [1.54, 1.807) is 6.07 Å². The van der Waals surface area contributed by atoms with Crippen molar-refractivity contribution in [3.63, 3.8) is 0 Å². The van der Waals surface area contributed by atoms with Gasteiger partial charge in [0.25, 0.3) is 5.92 Å². The van der Waals surface area contributed by atoms with Gasteiger partial charge in [-0.05, 0) is 42.1 Å². The quantitative estimate of drug-likeness (QED) is 0.806. The molecule has 0 saturated carbocycles. The third-order valence-corrected chi connectivity index (χ3v) is 9.54. The molecule has 2 nitrogen and oxygen atoms in total. The molecule has 0 amide bonds. The molecule has 1 aromatic rings. The number of rotatable bonds is 4. The highest BCUT2D eigenvalue weighted by atomic mass is 28.4. The van der Waals surface area contributed by atoms with Gasteiger partial charge in [0.15, 0.2) is 8.32 Å². The minimum absolute atomic E-state index is 0.0474. The average molecular weight is 328 g/mol. The maximum Gasteiger partial charge on any atom is 0.296 e. The molecule has 2 rings (SSSR count). The third kappa shape index (κ3) is 3.12. The van der Waals surface area contributed by atoms with Crippen molar-refractivity contribution in [1.29, 1.82) is 0 Å². The number of fused-ring (bicyclic) bond motifs is 1. The van der Waals surface area contributed by atoms with Crippen molar-refractivity contribution in [2.75, 3.05) is 6.61 Å². The van der Waals surface area contributed by atoms with Gasteiger partial charge in [-0.3, -0.25) is 0 Å². The third-order valence-electron chi connectivity index (χ3n) is 5.05. The highest BCUT2D eigenvalue weighted by Crippen LogP contribution is 2.45. The molecule has 0 unspecified atom stereocenters. The van der Waals surface area contributed by atoms with Crippen LogP contribution in [0.1, 0.15) is 50.0 Å². The predicted molar refractivity (Wildman–Crippen MR) is 86.8 cm³/mol. The van der Waals surface area contributed by atoms with Crippen LogP contribution in [-0.4, -0.2) is 20.0 Å². The number of halogens is 2. The van der Waals surface area contributed by atoms with E-state index in [1.165, 1.54) is 6.07 Å². The van der Waals surface area contributed by atoms with Gasteiger partial charge >= 0.3 is 0 Å². The average Bonchev–Trinajstić information content (AvgIpc) is 2.80. The minimum Gasteiger partial charge on any atom is -0.410 e. The van der Waals surface area contributed by atoms with Crippen LogP contribution in [0.3, 0.4) is 0 Å². The number of hydrogen-bond acceptors (Lipinski definition) is 2. The van der Waals surface area contributed by atoms with E-state index in [4.69, 9.17) is 9.53 Å².